The number of nitrogens with one attached hydrogen (secondary N) is 3. The van der Waals surface area contributed by atoms with Gasteiger partial charge in [0.2, 0.25) is 0 Å². The molecule has 0 aliphatic heterocycles. The number of rotatable bonds is 6. The summed E-state index contributed by atoms with van der Waals surface area (Å²) in [6.07, 6.45) is 3.73. The Morgan fingerprint density at radius 1 is 1.09 bits per heavy atom. The average molecular weight is 430 g/mol. The number of nitrogens with two attached hydrogens (primary N) is 1. The van der Waals surface area contributed by atoms with Crippen LogP contribution in [-0.2, 0) is 6.54 Å². The molecule has 4 rings (SSSR count). The molecule has 0 aliphatic rings. The van der Waals surface area contributed by atoms with Crippen LogP contribution < -0.4 is 22.3 Å². The van der Waals surface area contributed by atoms with Gasteiger partial charge in [0, 0.05) is 11.8 Å². The number of anilines is 1. The van der Waals surface area contributed by atoms with Crippen LogP contribution >= 0.6 is 0 Å². The van der Waals surface area contributed by atoms with E-state index in [0.717, 1.165) is 22.3 Å². The van der Waals surface area contributed by atoms with Gasteiger partial charge in [-0.3, -0.25) is 19.3 Å². The second kappa shape index (κ2) is 8.76. The van der Waals surface area contributed by atoms with Crippen LogP contribution in [0.25, 0.3) is 11.1 Å². The molecule has 0 saturated heterocycles. The quantitative estimate of drug-likeness (QED) is 0.371. The Morgan fingerprint density at radius 2 is 1.81 bits per heavy atom. The first kappa shape index (κ1) is 20.9. The number of amides is 1. The van der Waals surface area contributed by atoms with Crippen molar-refractivity contribution in [3.8, 4) is 11.1 Å². The molecular formula is C23H22N6O3. The van der Waals surface area contributed by atoms with Gasteiger partial charge >= 0.3 is 5.69 Å². The monoisotopic (exact) mass is 430 g/mol. The van der Waals surface area contributed by atoms with Gasteiger partial charge in [-0.2, -0.15) is 5.10 Å². The molecule has 0 radical (unpaired) electrons. The highest BCUT2D eigenvalue weighted by Gasteiger charge is 2.19. The minimum Gasteiger partial charge on any atom is -0.392 e. The summed E-state index contributed by atoms with van der Waals surface area (Å²) in [5.41, 5.74) is 7.26. The summed E-state index contributed by atoms with van der Waals surface area (Å²) in [7, 11) is 0. The maximum atomic E-state index is 12.7. The van der Waals surface area contributed by atoms with E-state index < -0.39 is 23.2 Å². The van der Waals surface area contributed by atoms with Crippen molar-refractivity contribution in [1.29, 1.82) is 0 Å². The van der Waals surface area contributed by atoms with Gasteiger partial charge in [0.25, 0.3) is 11.5 Å². The zero-order valence-electron chi connectivity index (χ0n) is 17.3. The Labute approximate surface area is 182 Å². The molecule has 0 bridgehead atoms. The number of aromatic amines is 2. The normalized spacial score (nSPS) is 11.8. The highest BCUT2D eigenvalue weighted by Crippen LogP contribution is 2.28. The lowest BCUT2D eigenvalue weighted by molar-refractivity contribution is 0.0935. The van der Waals surface area contributed by atoms with Crippen LogP contribution in [-0.4, -0.2) is 25.7 Å². The van der Waals surface area contributed by atoms with E-state index in [4.69, 9.17) is 5.73 Å². The molecule has 9 heteroatoms. The van der Waals surface area contributed by atoms with Crippen LogP contribution in [0.1, 0.15) is 34.6 Å². The molecule has 0 spiro atoms. The predicted octanol–water partition coefficient (Wildman–Crippen LogP) is 2.05. The van der Waals surface area contributed by atoms with Crippen molar-refractivity contribution in [2.24, 2.45) is 0 Å². The largest absolute Gasteiger partial charge is 0.392 e. The maximum absolute atomic E-state index is 12.7. The number of H-pyrrole nitrogens is 2. The Kier molecular flexibility index (Phi) is 5.71. The van der Waals surface area contributed by atoms with Gasteiger partial charge in [-0.1, -0.05) is 54.6 Å². The summed E-state index contributed by atoms with van der Waals surface area (Å²) in [6, 6.07) is 17.2. The lowest BCUT2D eigenvalue weighted by Gasteiger charge is -2.18. The van der Waals surface area contributed by atoms with Crippen LogP contribution in [0.3, 0.4) is 0 Å². The molecule has 2 aromatic heterocycles. The van der Waals surface area contributed by atoms with E-state index in [2.05, 4.69) is 15.4 Å². The lowest BCUT2D eigenvalue weighted by atomic mass is 9.97. The Morgan fingerprint density at radius 3 is 2.59 bits per heavy atom. The van der Waals surface area contributed by atoms with Crippen molar-refractivity contribution in [2.45, 2.75) is 19.5 Å². The zero-order valence-corrected chi connectivity index (χ0v) is 17.3. The lowest BCUT2D eigenvalue weighted by Crippen LogP contribution is -2.34. The zero-order chi connectivity index (χ0) is 22.7. The SMILES string of the molecule is C[C@@H](NC(=O)c1[nH]c(=O)[nH]c(=O)c1N)c1ccccc1-c1cnn(Cc2ccccc2)c1. The summed E-state index contributed by atoms with van der Waals surface area (Å²) in [5, 5.41) is 7.26. The van der Waals surface area contributed by atoms with E-state index in [9.17, 15) is 14.4 Å². The highest BCUT2D eigenvalue weighted by molar-refractivity contribution is 5.97. The summed E-state index contributed by atoms with van der Waals surface area (Å²) in [4.78, 5) is 40.2. The van der Waals surface area contributed by atoms with Gasteiger partial charge in [-0.15, -0.1) is 0 Å². The van der Waals surface area contributed by atoms with Crippen molar-refractivity contribution in [3.05, 3.63) is 105 Å². The molecule has 5 N–H and O–H groups in total. The number of hydrogen-bond donors (Lipinski definition) is 4. The average Bonchev–Trinajstić information content (AvgIpc) is 3.25. The third kappa shape index (κ3) is 4.36. The first-order valence-electron chi connectivity index (χ1n) is 10.0. The molecule has 2 heterocycles. The van der Waals surface area contributed by atoms with E-state index in [-0.39, 0.29) is 11.4 Å². The van der Waals surface area contributed by atoms with Crippen molar-refractivity contribution >= 4 is 11.6 Å². The molecule has 32 heavy (non-hydrogen) atoms. The number of nitrogen functional groups attached to an aromatic ring is 1. The Bertz CT molecular complexity index is 1370. The van der Waals surface area contributed by atoms with Gasteiger partial charge in [0.15, 0.2) is 0 Å². The predicted molar refractivity (Wildman–Crippen MR) is 121 cm³/mol. The number of carbonyl (C=O) groups excluding carboxylic acids is 1. The van der Waals surface area contributed by atoms with Crippen LogP contribution in [0.2, 0.25) is 0 Å². The van der Waals surface area contributed by atoms with Gasteiger partial charge < -0.3 is 16.0 Å². The number of carbonyl (C=O) groups is 1. The highest BCUT2D eigenvalue weighted by atomic mass is 16.2. The number of hydrogen-bond acceptors (Lipinski definition) is 5. The van der Waals surface area contributed by atoms with Crippen LogP contribution in [0.15, 0.2) is 76.6 Å². The molecule has 162 valence electrons. The van der Waals surface area contributed by atoms with E-state index in [1.54, 1.807) is 6.20 Å². The Balaban J connectivity index is 1.58. The minimum atomic E-state index is -0.808. The van der Waals surface area contributed by atoms with E-state index in [1.165, 1.54) is 0 Å². The second-order valence-corrected chi connectivity index (χ2v) is 7.39. The molecule has 0 saturated carbocycles. The molecule has 1 amide bonds. The molecule has 2 aromatic carbocycles. The fourth-order valence-electron chi connectivity index (χ4n) is 3.52. The summed E-state index contributed by atoms with van der Waals surface area (Å²) >= 11 is 0. The van der Waals surface area contributed by atoms with E-state index >= 15 is 0 Å². The van der Waals surface area contributed by atoms with Crippen molar-refractivity contribution in [1.82, 2.24) is 25.1 Å². The van der Waals surface area contributed by atoms with Crippen LogP contribution in [0.4, 0.5) is 5.69 Å². The smallest absolute Gasteiger partial charge is 0.326 e. The van der Waals surface area contributed by atoms with Crippen LogP contribution in [0.5, 0.6) is 0 Å². The molecule has 4 aromatic rings. The summed E-state index contributed by atoms with van der Waals surface area (Å²) in [5.74, 6) is -0.646. The van der Waals surface area contributed by atoms with Crippen molar-refractivity contribution < 1.29 is 4.79 Å². The third-order valence-corrected chi connectivity index (χ3v) is 5.11. The second-order valence-electron chi connectivity index (χ2n) is 7.39. The Hall–Kier alpha value is -4.40. The summed E-state index contributed by atoms with van der Waals surface area (Å²) in [6.45, 7) is 2.46. The maximum Gasteiger partial charge on any atom is 0.326 e. The molecule has 0 fully saturated rings. The van der Waals surface area contributed by atoms with Gasteiger partial charge in [0.05, 0.1) is 18.8 Å². The van der Waals surface area contributed by atoms with Crippen LogP contribution in [0, 0.1) is 0 Å². The van der Waals surface area contributed by atoms with Gasteiger partial charge in [0.1, 0.15) is 11.4 Å². The van der Waals surface area contributed by atoms with Crippen molar-refractivity contribution in [3.63, 3.8) is 0 Å². The van der Waals surface area contributed by atoms with Gasteiger partial charge in [-0.05, 0) is 23.6 Å². The number of benzene rings is 2. The molecule has 9 nitrogen and oxygen atoms in total. The fraction of sp³-hybridized carbons (Fsp3) is 0.130. The first-order valence-corrected chi connectivity index (χ1v) is 10.0. The standard InChI is InChI=1S/C23H22N6O3/c1-14(26-22(31)20-19(24)21(30)28-23(32)27-20)17-9-5-6-10-18(17)16-11-25-29(13-16)12-15-7-3-2-4-8-15/h2-11,13-14H,12,24H2,1H3,(H,26,31)(H2,27,28,30,32)/t14-/m1/s1. The third-order valence-electron chi connectivity index (χ3n) is 5.11. The first-order chi connectivity index (χ1) is 15.4. The molecule has 0 aliphatic carbocycles. The number of nitrogens with zero attached hydrogens (tertiary/aromatic N) is 2. The minimum absolute atomic E-state index is 0.265. The fourth-order valence-corrected chi connectivity index (χ4v) is 3.52. The van der Waals surface area contributed by atoms with Crippen molar-refractivity contribution in [2.75, 3.05) is 5.73 Å². The topological polar surface area (TPSA) is 139 Å². The molecular weight excluding hydrogens is 408 g/mol. The van der Waals surface area contributed by atoms with E-state index in [1.807, 2.05) is 77.4 Å². The summed E-state index contributed by atoms with van der Waals surface area (Å²) < 4.78 is 1.85. The van der Waals surface area contributed by atoms with Gasteiger partial charge in [-0.25, -0.2) is 4.79 Å². The molecule has 0 unspecified atom stereocenters. The van der Waals surface area contributed by atoms with E-state index in [0.29, 0.717) is 6.54 Å². The molecule has 1 atom stereocenters. The number of aromatic nitrogens is 4.